The van der Waals surface area contributed by atoms with Crippen LogP contribution in [0.15, 0.2) is 22.3 Å². The van der Waals surface area contributed by atoms with Crippen LogP contribution in [0.4, 0.5) is 0 Å². The summed E-state index contributed by atoms with van der Waals surface area (Å²) in [5.41, 5.74) is -0.661. The van der Waals surface area contributed by atoms with E-state index in [4.69, 9.17) is 21.0 Å². The summed E-state index contributed by atoms with van der Waals surface area (Å²) >= 11 is 6.36. The Morgan fingerprint density at radius 2 is 2.05 bits per heavy atom. The van der Waals surface area contributed by atoms with Gasteiger partial charge in [0.05, 0.1) is 17.8 Å². The summed E-state index contributed by atoms with van der Waals surface area (Å²) in [5, 5.41) is 10.8. The van der Waals surface area contributed by atoms with E-state index in [2.05, 4.69) is 6.92 Å². The lowest BCUT2D eigenvalue weighted by Crippen LogP contribution is -2.48. The molecule has 0 bridgehead atoms. The number of halogens is 1. The third-order valence-electron chi connectivity index (χ3n) is 4.84. The fraction of sp³-hybridized carbons (Fsp3) is 0.750. The van der Waals surface area contributed by atoms with Crippen LogP contribution in [-0.4, -0.2) is 30.4 Å². The van der Waals surface area contributed by atoms with Gasteiger partial charge in [-0.25, -0.2) is 0 Å². The maximum atomic E-state index is 10.2. The third-order valence-corrected chi connectivity index (χ3v) is 5.19. The van der Waals surface area contributed by atoms with Gasteiger partial charge < -0.3 is 14.5 Å². The molecule has 1 fully saturated rings. The van der Waals surface area contributed by atoms with Crippen molar-refractivity contribution in [3.8, 4) is 0 Å². The topological polar surface area (TPSA) is 38.7 Å². The molecule has 0 spiro atoms. The number of hydrogen-bond donors (Lipinski definition) is 1. The van der Waals surface area contributed by atoms with Crippen LogP contribution >= 0.6 is 11.6 Å². The Hall–Kier alpha value is -0.445. The molecule has 0 saturated carbocycles. The molecule has 0 aromatic rings. The van der Waals surface area contributed by atoms with E-state index in [9.17, 15) is 5.11 Å². The van der Waals surface area contributed by atoms with Crippen molar-refractivity contribution < 1.29 is 14.5 Å². The number of ether oxygens (including phenoxy) is 1. The molecule has 1 atom stereocenters. The highest BCUT2D eigenvalue weighted by molar-refractivity contribution is 6.44. The van der Waals surface area contributed by atoms with E-state index < -0.39 is 11.2 Å². The zero-order valence-electron chi connectivity index (χ0n) is 13.6. The van der Waals surface area contributed by atoms with Crippen LogP contribution < -0.4 is 0 Å². The van der Waals surface area contributed by atoms with Crippen molar-refractivity contribution in [2.75, 3.05) is 6.61 Å². The highest BCUT2D eigenvalue weighted by Crippen LogP contribution is 2.46. The van der Waals surface area contributed by atoms with Crippen molar-refractivity contribution in [1.29, 1.82) is 0 Å². The molecule has 2 rings (SSSR count). The maximum Gasteiger partial charge on any atom is 0.328 e. The third kappa shape index (κ3) is 3.49. The van der Waals surface area contributed by atoms with Gasteiger partial charge in [0.15, 0.2) is 0 Å². The summed E-state index contributed by atoms with van der Waals surface area (Å²) < 4.78 is 11.6. The van der Waals surface area contributed by atoms with Crippen LogP contribution in [-0.2, 0) is 9.39 Å². The van der Waals surface area contributed by atoms with E-state index in [-0.39, 0.29) is 5.41 Å². The van der Waals surface area contributed by atoms with Crippen molar-refractivity contribution >= 4 is 19.1 Å². The SMILES string of the molecule is CC12CCCOC1=CC(Cl)=C([B]OC(C)(C)C(C)(C)O)C2. The molecule has 1 N–H and O–H groups in total. The molecular formula is C16H25BClO3. The van der Waals surface area contributed by atoms with Crippen molar-refractivity contribution in [2.24, 2.45) is 5.41 Å². The van der Waals surface area contributed by atoms with Gasteiger partial charge in [0, 0.05) is 10.4 Å². The van der Waals surface area contributed by atoms with Crippen molar-refractivity contribution in [2.45, 2.75) is 65.1 Å². The molecule has 21 heavy (non-hydrogen) atoms. The second kappa shape index (κ2) is 5.64. The summed E-state index contributed by atoms with van der Waals surface area (Å²) in [6.45, 7) is 10.2. The monoisotopic (exact) mass is 311 g/mol. The Bertz CT molecular complexity index is 476. The Morgan fingerprint density at radius 3 is 2.67 bits per heavy atom. The molecule has 1 aliphatic carbocycles. The molecule has 1 aliphatic heterocycles. The normalized spacial score (nSPS) is 26.9. The van der Waals surface area contributed by atoms with Gasteiger partial charge in [-0.15, -0.1) is 0 Å². The van der Waals surface area contributed by atoms with Crippen LogP contribution in [0.25, 0.3) is 0 Å². The van der Waals surface area contributed by atoms with Gasteiger partial charge in [-0.05, 0) is 53.0 Å². The molecule has 3 nitrogen and oxygen atoms in total. The maximum absolute atomic E-state index is 10.2. The number of hydrogen-bond acceptors (Lipinski definition) is 3. The van der Waals surface area contributed by atoms with E-state index in [0.29, 0.717) is 5.03 Å². The summed E-state index contributed by atoms with van der Waals surface area (Å²) in [4.78, 5) is 0. The molecule has 117 valence electrons. The zero-order valence-corrected chi connectivity index (χ0v) is 14.4. The van der Waals surface area contributed by atoms with Gasteiger partial charge in [-0.1, -0.05) is 24.0 Å². The van der Waals surface area contributed by atoms with E-state index in [1.807, 2.05) is 19.9 Å². The zero-order chi connectivity index (χ0) is 15.9. The Labute approximate surface area is 133 Å². The first-order valence-corrected chi connectivity index (χ1v) is 7.90. The predicted molar refractivity (Wildman–Crippen MR) is 86.1 cm³/mol. The Kier molecular flexibility index (Phi) is 4.54. The van der Waals surface area contributed by atoms with Crippen LogP contribution in [0, 0.1) is 5.41 Å². The van der Waals surface area contributed by atoms with Gasteiger partial charge >= 0.3 is 7.48 Å². The first-order valence-electron chi connectivity index (χ1n) is 7.52. The fourth-order valence-corrected chi connectivity index (χ4v) is 2.72. The van der Waals surface area contributed by atoms with E-state index in [1.165, 1.54) is 0 Å². The molecule has 5 heteroatoms. The Balaban J connectivity index is 2.12. The average molecular weight is 312 g/mol. The van der Waals surface area contributed by atoms with Gasteiger partial charge in [0.2, 0.25) is 0 Å². The van der Waals surface area contributed by atoms with E-state index in [0.717, 1.165) is 37.1 Å². The molecule has 1 saturated heterocycles. The number of fused-ring (bicyclic) bond motifs is 1. The average Bonchev–Trinajstić information content (AvgIpc) is 2.35. The lowest BCUT2D eigenvalue weighted by atomic mass is 9.67. The fourth-order valence-electron chi connectivity index (χ4n) is 2.51. The molecule has 2 aliphatic rings. The predicted octanol–water partition coefficient (Wildman–Crippen LogP) is 3.73. The lowest BCUT2D eigenvalue weighted by molar-refractivity contribution is -0.0898. The largest absolute Gasteiger partial charge is 0.497 e. The van der Waals surface area contributed by atoms with E-state index in [1.54, 1.807) is 21.3 Å². The highest BCUT2D eigenvalue weighted by atomic mass is 35.5. The van der Waals surface area contributed by atoms with Crippen LogP contribution in [0.5, 0.6) is 0 Å². The minimum absolute atomic E-state index is 0.00467. The van der Waals surface area contributed by atoms with Crippen LogP contribution in [0.2, 0.25) is 0 Å². The molecule has 0 amide bonds. The highest BCUT2D eigenvalue weighted by Gasteiger charge is 2.40. The molecule has 0 aromatic carbocycles. The molecule has 1 heterocycles. The summed E-state index contributed by atoms with van der Waals surface area (Å²) in [6.07, 6.45) is 4.88. The first kappa shape index (κ1) is 16.9. The summed E-state index contributed by atoms with van der Waals surface area (Å²) in [5.74, 6) is 0.984. The number of aliphatic hydroxyl groups is 1. The standard InChI is InChI=1S/C16H25BClO3/c1-14(2,19)15(3,4)21-17-11-10-16(5)7-6-8-20-13(16)9-12(11)18/h9,19H,6-8,10H2,1-5H3. The van der Waals surface area contributed by atoms with Crippen molar-refractivity contribution in [1.82, 2.24) is 0 Å². The van der Waals surface area contributed by atoms with Crippen molar-refractivity contribution in [3.05, 3.63) is 22.3 Å². The second-order valence-electron chi connectivity index (χ2n) is 7.38. The smallest absolute Gasteiger partial charge is 0.328 e. The van der Waals surface area contributed by atoms with E-state index >= 15 is 0 Å². The number of allylic oxidation sites excluding steroid dienone is 4. The van der Waals surface area contributed by atoms with Gasteiger partial charge in [0.1, 0.15) is 5.76 Å². The van der Waals surface area contributed by atoms with Gasteiger partial charge in [0.25, 0.3) is 0 Å². The molecule has 0 aromatic heterocycles. The number of rotatable bonds is 4. The van der Waals surface area contributed by atoms with Gasteiger partial charge in [-0.2, -0.15) is 0 Å². The molecule has 1 radical (unpaired) electrons. The summed E-state index contributed by atoms with van der Waals surface area (Å²) in [6, 6.07) is 0. The van der Waals surface area contributed by atoms with Crippen molar-refractivity contribution in [3.63, 3.8) is 0 Å². The second-order valence-corrected chi connectivity index (χ2v) is 7.78. The molecular weight excluding hydrogens is 286 g/mol. The van der Waals surface area contributed by atoms with Crippen LogP contribution in [0.3, 0.4) is 0 Å². The lowest BCUT2D eigenvalue weighted by Gasteiger charge is -2.41. The minimum Gasteiger partial charge on any atom is -0.497 e. The van der Waals surface area contributed by atoms with Crippen LogP contribution in [0.1, 0.15) is 53.9 Å². The minimum atomic E-state index is -0.940. The van der Waals surface area contributed by atoms with Gasteiger partial charge in [-0.3, -0.25) is 0 Å². The first-order chi connectivity index (χ1) is 9.55. The Morgan fingerprint density at radius 1 is 1.38 bits per heavy atom. The molecule has 1 unspecified atom stereocenters. The summed E-state index contributed by atoms with van der Waals surface area (Å²) in [7, 11) is 1.70. The quantitative estimate of drug-likeness (QED) is 0.804.